The molecule has 1 heterocycles. The molecule has 2 N–H and O–H groups in total. The maximum Gasteiger partial charge on any atom is 0.314 e. The number of ether oxygens (including phenoxy) is 1. The average molecular weight is 534 g/mol. The summed E-state index contributed by atoms with van der Waals surface area (Å²) in [4.78, 5) is 21.8. The fraction of sp³-hybridized carbons (Fsp3) is 0.182. The fourth-order valence-corrected chi connectivity index (χ4v) is 4.48. The summed E-state index contributed by atoms with van der Waals surface area (Å²) in [5.41, 5.74) is 6.23. The highest BCUT2D eigenvalue weighted by atomic mass is 16.6. The van der Waals surface area contributed by atoms with Gasteiger partial charge in [0.25, 0.3) is 0 Å². The Morgan fingerprint density at radius 1 is 0.975 bits per heavy atom. The van der Waals surface area contributed by atoms with Crippen LogP contribution in [0.2, 0.25) is 0 Å². The van der Waals surface area contributed by atoms with Gasteiger partial charge in [0.2, 0.25) is 0 Å². The normalized spacial score (nSPS) is 13.8. The van der Waals surface area contributed by atoms with Crippen LogP contribution in [0.4, 0.5) is 5.82 Å². The summed E-state index contributed by atoms with van der Waals surface area (Å²) in [5, 5.41) is 16.9. The van der Waals surface area contributed by atoms with E-state index in [1.54, 1.807) is 7.11 Å². The number of benzene rings is 3. The second kappa shape index (κ2) is 11.5. The highest BCUT2D eigenvalue weighted by Crippen LogP contribution is 2.48. The number of allylic oxidation sites excluding steroid dienone is 1. The topological polar surface area (TPSA) is 93.0 Å². The van der Waals surface area contributed by atoms with E-state index in [2.05, 4.69) is 22.0 Å². The summed E-state index contributed by atoms with van der Waals surface area (Å²) in [5.74, 6) is 0.686. The summed E-state index contributed by atoms with van der Waals surface area (Å²) >= 11 is 0. The molecule has 1 fully saturated rings. The molecule has 1 aromatic heterocycles. The Kier molecular flexibility index (Phi) is 7.64. The number of nitrogens with one attached hydrogen (secondary N) is 1. The summed E-state index contributed by atoms with van der Waals surface area (Å²) in [6, 6.07) is 29.3. The zero-order valence-corrected chi connectivity index (χ0v) is 22.6. The zero-order chi connectivity index (χ0) is 28.1. The quantitative estimate of drug-likeness (QED) is 0.158. The van der Waals surface area contributed by atoms with Crippen LogP contribution in [0.5, 0.6) is 5.75 Å². The first kappa shape index (κ1) is 26.7. The Hall–Kier alpha value is -4.91. The number of aromatic nitrogens is 1. The third kappa shape index (κ3) is 5.89. The molecule has 0 amide bonds. The fourth-order valence-electron chi connectivity index (χ4n) is 4.48. The first-order chi connectivity index (χ1) is 19.4. The van der Waals surface area contributed by atoms with Crippen LogP contribution in [0.25, 0.3) is 22.4 Å². The van der Waals surface area contributed by atoms with Gasteiger partial charge in [-0.2, -0.15) is 0 Å². The van der Waals surface area contributed by atoms with Crippen molar-refractivity contribution in [2.45, 2.75) is 31.8 Å². The third-order valence-corrected chi connectivity index (χ3v) is 7.15. The van der Waals surface area contributed by atoms with Crippen molar-refractivity contribution in [3.05, 3.63) is 114 Å². The number of anilines is 1. The number of aliphatic carboxylic acids is 1. The number of methoxy groups -OCH3 is 1. The van der Waals surface area contributed by atoms with Crippen molar-refractivity contribution in [2.24, 2.45) is 5.16 Å². The van der Waals surface area contributed by atoms with Gasteiger partial charge in [0.1, 0.15) is 18.2 Å². The van der Waals surface area contributed by atoms with Gasteiger partial charge in [0.15, 0.2) is 0 Å². The van der Waals surface area contributed by atoms with E-state index in [1.807, 2.05) is 97.9 Å². The van der Waals surface area contributed by atoms with Crippen LogP contribution in [0.3, 0.4) is 0 Å². The molecule has 0 radical (unpaired) electrons. The molecule has 0 spiro atoms. The summed E-state index contributed by atoms with van der Waals surface area (Å²) in [6.07, 6.45) is 1.41. The number of carboxylic acid groups (broad SMARTS) is 1. The smallest absolute Gasteiger partial charge is 0.314 e. The molecule has 4 aromatic rings. The Morgan fingerprint density at radius 3 is 2.30 bits per heavy atom. The molecule has 1 aliphatic rings. The number of hydrogen-bond donors (Lipinski definition) is 2. The molecule has 0 aliphatic heterocycles. The monoisotopic (exact) mass is 533 g/mol. The van der Waals surface area contributed by atoms with Crippen LogP contribution < -0.4 is 10.1 Å². The van der Waals surface area contributed by atoms with Crippen molar-refractivity contribution in [1.82, 2.24) is 4.98 Å². The molecule has 5 rings (SSSR count). The zero-order valence-electron chi connectivity index (χ0n) is 22.6. The molecule has 0 atom stereocenters. The molecular weight excluding hydrogens is 502 g/mol. The molecule has 7 nitrogen and oxygen atoms in total. The third-order valence-electron chi connectivity index (χ3n) is 7.15. The van der Waals surface area contributed by atoms with Gasteiger partial charge >= 0.3 is 5.97 Å². The Balaban J connectivity index is 1.15. The number of carboxylic acids is 1. The van der Waals surface area contributed by atoms with Crippen LogP contribution in [0.15, 0.2) is 108 Å². The minimum absolute atomic E-state index is 0.314. The van der Waals surface area contributed by atoms with Gasteiger partial charge in [-0.1, -0.05) is 78.5 Å². The number of nitrogens with zero attached hydrogens (tertiary/aromatic N) is 2. The number of carbonyl (C=O) groups is 1. The minimum Gasteiger partial charge on any atom is -0.497 e. The molecule has 0 bridgehead atoms. The Bertz CT molecular complexity index is 1560. The first-order valence-corrected chi connectivity index (χ1v) is 13.1. The van der Waals surface area contributed by atoms with E-state index in [1.165, 1.54) is 0 Å². The highest BCUT2D eigenvalue weighted by molar-refractivity contribution is 5.99. The number of rotatable bonds is 11. The number of pyridine rings is 1. The van der Waals surface area contributed by atoms with Crippen molar-refractivity contribution in [1.29, 1.82) is 0 Å². The lowest BCUT2D eigenvalue weighted by Gasteiger charge is -2.11. The molecule has 202 valence electrons. The van der Waals surface area contributed by atoms with E-state index in [9.17, 15) is 9.90 Å². The first-order valence-electron chi connectivity index (χ1n) is 13.1. The molecule has 40 heavy (non-hydrogen) atoms. The summed E-state index contributed by atoms with van der Waals surface area (Å²) < 4.78 is 5.32. The standard InChI is InChI=1S/C33H31N3O4/c1-22(34-31-9-5-8-30(35-31)27-6-4-7-29(20-27)39-3)23(2)36-40-21-24-10-12-25(13-11-24)26-14-16-28(17-15-26)33(18-19-33)32(37)38/h4-17,20H,1,18-19,21H2,2-3H3,(H,34,35)(H,37,38)/b36-23-. The van der Waals surface area contributed by atoms with Gasteiger partial charge in [-0.15, -0.1) is 0 Å². The molecule has 7 heteroatoms. The lowest BCUT2D eigenvalue weighted by molar-refractivity contribution is -0.140. The van der Waals surface area contributed by atoms with Crippen LogP contribution in [0, 0.1) is 0 Å². The molecule has 1 aliphatic carbocycles. The van der Waals surface area contributed by atoms with Crippen molar-refractivity contribution >= 4 is 17.5 Å². The highest BCUT2D eigenvalue weighted by Gasteiger charge is 2.51. The van der Waals surface area contributed by atoms with Gasteiger partial charge in [0.05, 0.1) is 29.6 Å². The molecular formula is C33H31N3O4. The van der Waals surface area contributed by atoms with Crippen molar-refractivity contribution in [2.75, 3.05) is 12.4 Å². The molecule has 0 saturated heterocycles. The maximum atomic E-state index is 11.6. The molecule has 3 aromatic carbocycles. The lowest BCUT2D eigenvalue weighted by Crippen LogP contribution is -2.19. The number of hydrogen-bond acceptors (Lipinski definition) is 6. The van der Waals surface area contributed by atoms with Gasteiger partial charge in [-0.3, -0.25) is 4.79 Å². The van der Waals surface area contributed by atoms with Crippen molar-refractivity contribution in [3.63, 3.8) is 0 Å². The van der Waals surface area contributed by atoms with Crippen molar-refractivity contribution in [3.8, 4) is 28.1 Å². The average Bonchev–Trinajstić information content (AvgIpc) is 3.80. The van der Waals surface area contributed by atoms with Gasteiger partial charge < -0.3 is 20.0 Å². The van der Waals surface area contributed by atoms with Crippen LogP contribution in [0.1, 0.15) is 30.9 Å². The predicted octanol–water partition coefficient (Wildman–Crippen LogP) is 7.06. The second-order valence-electron chi connectivity index (χ2n) is 9.86. The number of oxime groups is 1. The van der Waals surface area contributed by atoms with E-state index in [4.69, 9.17) is 9.57 Å². The minimum atomic E-state index is -0.739. The lowest BCUT2D eigenvalue weighted by atomic mass is 9.94. The summed E-state index contributed by atoms with van der Waals surface area (Å²) in [6.45, 7) is 6.21. The Morgan fingerprint density at radius 2 is 1.65 bits per heavy atom. The SMILES string of the molecule is C=C(Nc1cccc(-c2cccc(OC)c2)n1)/C(C)=N\OCc1ccc(-c2ccc(C3(C(=O)O)CC3)cc2)cc1. The second-order valence-corrected chi connectivity index (χ2v) is 9.86. The van der Waals surface area contributed by atoms with E-state index >= 15 is 0 Å². The van der Waals surface area contributed by atoms with Gasteiger partial charge in [0, 0.05) is 5.56 Å². The van der Waals surface area contributed by atoms with E-state index < -0.39 is 11.4 Å². The largest absolute Gasteiger partial charge is 0.497 e. The Labute approximate surface area is 233 Å². The van der Waals surface area contributed by atoms with Crippen LogP contribution in [-0.4, -0.2) is 28.9 Å². The van der Waals surface area contributed by atoms with E-state index in [0.717, 1.165) is 39.3 Å². The van der Waals surface area contributed by atoms with Crippen LogP contribution in [-0.2, 0) is 21.7 Å². The van der Waals surface area contributed by atoms with E-state index in [-0.39, 0.29) is 0 Å². The van der Waals surface area contributed by atoms with Crippen molar-refractivity contribution < 1.29 is 19.5 Å². The summed E-state index contributed by atoms with van der Waals surface area (Å²) in [7, 11) is 1.64. The molecule has 0 unspecified atom stereocenters. The van der Waals surface area contributed by atoms with Gasteiger partial charge in [-0.05, 0) is 66.3 Å². The van der Waals surface area contributed by atoms with Crippen LogP contribution >= 0.6 is 0 Å². The molecule has 1 saturated carbocycles. The maximum absolute atomic E-state index is 11.6. The predicted molar refractivity (Wildman–Crippen MR) is 157 cm³/mol. The van der Waals surface area contributed by atoms with Gasteiger partial charge in [-0.25, -0.2) is 4.98 Å². The van der Waals surface area contributed by atoms with E-state index in [0.29, 0.717) is 36.7 Å².